The number of ether oxygens (including phenoxy) is 1. The molecule has 0 spiro atoms. The molecule has 4 rings (SSSR count). The van der Waals surface area contributed by atoms with Crippen LogP contribution in [0.1, 0.15) is 31.7 Å². The van der Waals surface area contributed by atoms with Crippen molar-refractivity contribution in [2.75, 3.05) is 11.9 Å². The summed E-state index contributed by atoms with van der Waals surface area (Å²) in [5, 5.41) is 12.0. The molecule has 3 aromatic rings. The van der Waals surface area contributed by atoms with Crippen LogP contribution in [0, 0.1) is 5.92 Å². The predicted molar refractivity (Wildman–Crippen MR) is 122 cm³/mol. The number of carboxylic acid groups (broad SMARTS) is 1. The van der Waals surface area contributed by atoms with E-state index in [0.717, 1.165) is 16.9 Å². The van der Waals surface area contributed by atoms with Crippen molar-refractivity contribution in [3.05, 3.63) is 64.2 Å². The number of nitrogens with one attached hydrogen (secondary N) is 1. The summed E-state index contributed by atoms with van der Waals surface area (Å²) in [6, 6.07) is 12.5. The second-order valence-electron chi connectivity index (χ2n) is 7.59. The number of benzene rings is 2. The monoisotopic (exact) mass is 433 g/mol. The number of nitrogens with zero attached hydrogens (tertiary/aromatic N) is 2. The lowest BCUT2D eigenvalue weighted by Crippen LogP contribution is -2.27. The molecule has 1 aliphatic heterocycles. The molecule has 32 heavy (non-hydrogen) atoms. The number of hydrogen-bond donors (Lipinski definition) is 2. The third-order valence-corrected chi connectivity index (χ3v) is 5.41. The number of carboxylic acids is 1. The molecule has 0 fully saturated rings. The number of aromatic nitrogens is 2. The Kier molecular flexibility index (Phi) is 5.77. The molecule has 1 aromatic heterocycles. The molecule has 2 N–H and O–H groups in total. The van der Waals surface area contributed by atoms with Gasteiger partial charge in [0, 0.05) is 12.2 Å². The van der Waals surface area contributed by atoms with E-state index in [0.29, 0.717) is 42.0 Å². The lowest BCUT2D eigenvalue weighted by molar-refractivity contribution is -0.144. The first kappa shape index (κ1) is 21.3. The lowest BCUT2D eigenvalue weighted by atomic mass is 10.1. The van der Waals surface area contributed by atoms with Gasteiger partial charge in [0.05, 0.1) is 17.5 Å². The first-order valence-electron chi connectivity index (χ1n) is 10.4. The van der Waals surface area contributed by atoms with Gasteiger partial charge in [0.1, 0.15) is 17.5 Å². The highest BCUT2D eigenvalue weighted by molar-refractivity contribution is 6.04. The third kappa shape index (κ3) is 4.12. The molecule has 8 heteroatoms. The Morgan fingerprint density at radius 1 is 1.25 bits per heavy atom. The Hall–Kier alpha value is -3.94. The highest BCUT2D eigenvalue weighted by Gasteiger charge is 2.23. The number of carbonyl (C=O) groups is 2. The fraction of sp³-hybridized carbons (Fsp3) is 0.250. The molecule has 0 saturated carbocycles. The molecule has 0 bridgehead atoms. The minimum atomic E-state index is -1.21. The second-order valence-corrected chi connectivity index (χ2v) is 7.59. The summed E-state index contributed by atoms with van der Waals surface area (Å²) >= 11 is 0. The number of hydrogen-bond acceptors (Lipinski definition) is 5. The van der Waals surface area contributed by atoms with Gasteiger partial charge in [0.15, 0.2) is 0 Å². The fourth-order valence-corrected chi connectivity index (χ4v) is 3.62. The van der Waals surface area contributed by atoms with Crippen molar-refractivity contribution < 1.29 is 19.4 Å². The Balaban J connectivity index is 1.68. The summed E-state index contributed by atoms with van der Waals surface area (Å²) in [5.41, 5.74) is 2.62. The highest BCUT2D eigenvalue weighted by Crippen LogP contribution is 2.28. The fourth-order valence-electron chi connectivity index (χ4n) is 3.62. The molecule has 1 atom stereocenters. The summed E-state index contributed by atoms with van der Waals surface area (Å²) in [5.74, 6) is -1.63. The van der Waals surface area contributed by atoms with Crippen LogP contribution in [0.4, 0.5) is 5.69 Å². The quantitative estimate of drug-likeness (QED) is 0.577. The summed E-state index contributed by atoms with van der Waals surface area (Å²) in [6.45, 7) is 4.40. The highest BCUT2D eigenvalue weighted by atomic mass is 16.5. The molecule has 0 radical (unpaired) electrons. The van der Waals surface area contributed by atoms with Gasteiger partial charge in [-0.3, -0.25) is 19.0 Å². The summed E-state index contributed by atoms with van der Waals surface area (Å²) in [6.07, 6.45) is 2.69. The third-order valence-electron chi connectivity index (χ3n) is 5.41. The number of carbonyl (C=O) groups excluding carboxylic acids is 1. The zero-order valence-corrected chi connectivity index (χ0v) is 17.8. The number of rotatable bonds is 6. The number of allylic oxidation sites excluding steroid dienone is 1. The van der Waals surface area contributed by atoms with Gasteiger partial charge in [0.25, 0.3) is 5.56 Å². The standard InChI is InChI=1S/C24H23N3O5/c1-3-32-18-7-4-15(5-8-18)12-16-10-11-27-21(16)26-20-13-17(6-9-19(20)23(27)29)25-22(28)14(2)24(30)31/h4-9,12-14H,3,10-11H2,1-2H3,(H,25,28)(H,30,31)/b16-12+. The van der Waals surface area contributed by atoms with Crippen molar-refractivity contribution >= 4 is 40.1 Å². The van der Waals surface area contributed by atoms with Crippen molar-refractivity contribution in [3.63, 3.8) is 0 Å². The van der Waals surface area contributed by atoms with Gasteiger partial charge in [-0.1, -0.05) is 12.1 Å². The van der Waals surface area contributed by atoms with Crippen LogP contribution in [0.3, 0.4) is 0 Å². The van der Waals surface area contributed by atoms with E-state index in [4.69, 9.17) is 14.8 Å². The van der Waals surface area contributed by atoms with E-state index >= 15 is 0 Å². The summed E-state index contributed by atoms with van der Waals surface area (Å²) < 4.78 is 7.14. The molecule has 0 aliphatic carbocycles. The molecule has 1 amide bonds. The Morgan fingerprint density at radius 3 is 2.69 bits per heavy atom. The molecule has 2 aromatic carbocycles. The molecule has 8 nitrogen and oxygen atoms in total. The van der Waals surface area contributed by atoms with Crippen molar-refractivity contribution in [3.8, 4) is 5.75 Å². The van der Waals surface area contributed by atoms with Crippen molar-refractivity contribution in [2.45, 2.75) is 26.8 Å². The van der Waals surface area contributed by atoms with Crippen LogP contribution in [0.5, 0.6) is 5.75 Å². The molecule has 1 aliphatic rings. The zero-order chi connectivity index (χ0) is 22.8. The maximum Gasteiger partial charge on any atom is 0.315 e. The molecular weight excluding hydrogens is 410 g/mol. The topological polar surface area (TPSA) is 111 Å². The van der Waals surface area contributed by atoms with Crippen LogP contribution in [0.2, 0.25) is 0 Å². The summed E-state index contributed by atoms with van der Waals surface area (Å²) in [7, 11) is 0. The predicted octanol–water partition coefficient (Wildman–Crippen LogP) is 3.40. The van der Waals surface area contributed by atoms with Crippen molar-refractivity contribution in [1.29, 1.82) is 0 Å². The number of fused-ring (bicyclic) bond motifs is 2. The van der Waals surface area contributed by atoms with E-state index in [1.54, 1.807) is 22.8 Å². The zero-order valence-electron chi connectivity index (χ0n) is 17.8. The van der Waals surface area contributed by atoms with E-state index < -0.39 is 17.8 Å². The average molecular weight is 433 g/mol. The van der Waals surface area contributed by atoms with E-state index in [1.165, 1.54) is 6.92 Å². The van der Waals surface area contributed by atoms with Crippen LogP contribution >= 0.6 is 0 Å². The second kappa shape index (κ2) is 8.66. The van der Waals surface area contributed by atoms with E-state index in [-0.39, 0.29) is 5.56 Å². The van der Waals surface area contributed by atoms with Gasteiger partial charge < -0.3 is 15.2 Å². The number of aliphatic carboxylic acids is 1. The van der Waals surface area contributed by atoms with Gasteiger partial charge in [-0.25, -0.2) is 4.98 Å². The maximum absolute atomic E-state index is 13.0. The molecule has 164 valence electrons. The normalized spacial score (nSPS) is 14.9. The SMILES string of the molecule is CCOc1ccc(/C=C2\CCn3c2nc2cc(NC(=O)C(C)C(=O)O)ccc2c3=O)cc1. The average Bonchev–Trinajstić information content (AvgIpc) is 3.17. The van der Waals surface area contributed by atoms with Crippen LogP contribution in [0.25, 0.3) is 22.6 Å². The van der Waals surface area contributed by atoms with Crippen LogP contribution in [-0.2, 0) is 16.1 Å². The van der Waals surface area contributed by atoms with Gasteiger partial charge >= 0.3 is 5.97 Å². The molecule has 0 saturated heterocycles. The van der Waals surface area contributed by atoms with Crippen LogP contribution in [0.15, 0.2) is 47.3 Å². The van der Waals surface area contributed by atoms with Gasteiger partial charge in [-0.15, -0.1) is 0 Å². The number of amides is 1. The minimum Gasteiger partial charge on any atom is -0.494 e. The van der Waals surface area contributed by atoms with E-state index in [1.807, 2.05) is 37.3 Å². The largest absolute Gasteiger partial charge is 0.494 e. The van der Waals surface area contributed by atoms with Gasteiger partial charge in [-0.05, 0) is 67.8 Å². The first-order valence-corrected chi connectivity index (χ1v) is 10.4. The van der Waals surface area contributed by atoms with Crippen LogP contribution < -0.4 is 15.6 Å². The molecule has 1 unspecified atom stereocenters. The minimum absolute atomic E-state index is 0.142. The Bertz CT molecular complexity index is 1290. The lowest BCUT2D eigenvalue weighted by Gasteiger charge is -2.10. The van der Waals surface area contributed by atoms with Gasteiger partial charge in [-0.2, -0.15) is 0 Å². The first-order chi connectivity index (χ1) is 15.4. The Labute approximate surface area is 184 Å². The molecular formula is C24H23N3O5. The van der Waals surface area contributed by atoms with E-state index in [9.17, 15) is 14.4 Å². The van der Waals surface area contributed by atoms with Crippen molar-refractivity contribution in [1.82, 2.24) is 9.55 Å². The maximum atomic E-state index is 13.0. The number of anilines is 1. The van der Waals surface area contributed by atoms with Gasteiger partial charge in [0.2, 0.25) is 5.91 Å². The summed E-state index contributed by atoms with van der Waals surface area (Å²) in [4.78, 5) is 40.8. The van der Waals surface area contributed by atoms with E-state index in [2.05, 4.69) is 5.32 Å². The molecule has 2 heterocycles. The Morgan fingerprint density at radius 2 is 2.00 bits per heavy atom. The smallest absolute Gasteiger partial charge is 0.315 e. The van der Waals surface area contributed by atoms with Crippen molar-refractivity contribution in [2.24, 2.45) is 5.92 Å². The van der Waals surface area contributed by atoms with Crippen LogP contribution in [-0.4, -0.2) is 33.1 Å².